The van der Waals surface area contributed by atoms with Crippen molar-refractivity contribution in [1.29, 1.82) is 0 Å². The fourth-order valence-corrected chi connectivity index (χ4v) is 5.33. The van der Waals surface area contributed by atoms with Gasteiger partial charge >= 0.3 is 5.97 Å². The van der Waals surface area contributed by atoms with Gasteiger partial charge in [-0.2, -0.15) is 0 Å². The molecule has 9 nitrogen and oxygen atoms in total. The number of anilines is 1. The molecular formula is C29H36N4O5. The van der Waals surface area contributed by atoms with Crippen molar-refractivity contribution in [3.8, 4) is 0 Å². The van der Waals surface area contributed by atoms with Crippen LogP contribution in [0.2, 0.25) is 0 Å². The van der Waals surface area contributed by atoms with Gasteiger partial charge in [0, 0.05) is 25.2 Å². The Labute approximate surface area is 223 Å². The minimum atomic E-state index is -0.829. The molecule has 2 saturated heterocycles. The highest BCUT2D eigenvalue weighted by molar-refractivity contribution is 5.96. The zero-order valence-electron chi connectivity index (χ0n) is 22.1. The molecule has 2 aliphatic rings. The number of para-hydroxylation sites is 1. The minimum absolute atomic E-state index is 0.0384. The number of nitrogens with one attached hydrogen (secondary N) is 1. The number of piperidine rings is 1. The molecule has 2 aliphatic heterocycles. The first kappa shape index (κ1) is 27.2. The Bertz CT molecular complexity index is 1130. The van der Waals surface area contributed by atoms with E-state index in [0.29, 0.717) is 32.6 Å². The Morgan fingerprint density at radius 3 is 2.24 bits per heavy atom. The van der Waals surface area contributed by atoms with Crippen molar-refractivity contribution in [3.05, 3.63) is 66.2 Å². The SMILES string of the molecule is CCOC(=O)CCC(=O)N1CCC2(CC1)C(=O)N(CC(=O)N[C@@H](C)c1ccccc1)CN2c1ccccc1. The maximum Gasteiger partial charge on any atom is 0.306 e. The number of hydrogen-bond acceptors (Lipinski definition) is 6. The van der Waals surface area contributed by atoms with E-state index in [9.17, 15) is 19.2 Å². The molecule has 38 heavy (non-hydrogen) atoms. The number of rotatable bonds is 9. The largest absolute Gasteiger partial charge is 0.466 e. The lowest BCUT2D eigenvalue weighted by molar-refractivity contribution is -0.146. The van der Waals surface area contributed by atoms with Gasteiger partial charge in [0.15, 0.2) is 0 Å². The third-order valence-electron chi connectivity index (χ3n) is 7.39. The summed E-state index contributed by atoms with van der Waals surface area (Å²) in [5, 5.41) is 3.00. The molecule has 9 heteroatoms. The van der Waals surface area contributed by atoms with Crippen molar-refractivity contribution in [2.75, 3.05) is 37.8 Å². The normalized spacial score (nSPS) is 17.4. The fourth-order valence-electron chi connectivity index (χ4n) is 5.33. The fraction of sp³-hybridized carbons (Fsp3) is 0.448. The van der Waals surface area contributed by atoms with E-state index in [1.165, 1.54) is 0 Å². The summed E-state index contributed by atoms with van der Waals surface area (Å²) in [6, 6.07) is 19.2. The average molecular weight is 521 g/mol. The Morgan fingerprint density at radius 1 is 0.974 bits per heavy atom. The van der Waals surface area contributed by atoms with Gasteiger partial charge in [-0.1, -0.05) is 48.5 Å². The quantitative estimate of drug-likeness (QED) is 0.511. The Kier molecular flexibility index (Phi) is 8.66. The van der Waals surface area contributed by atoms with Gasteiger partial charge in [0.25, 0.3) is 5.91 Å². The molecule has 3 amide bonds. The molecule has 0 aliphatic carbocycles. The highest BCUT2D eigenvalue weighted by Crippen LogP contribution is 2.39. The zero-order valence-corrected chi connectivity index (χ0v) is 22.1. The number of carbonyl (C=O) groups excluding carboxylic acids is 4. The van der Waals surface area contributed by atoms with Crippen molar-refractivity contribution in [3.63, 3.8) is 0 Å². The first-order valence-electron chi connectivity index (χ1n) is 13.2. The number of carbonyl (C=O) groups is 4. The van der Waals surface area contributed by atoms with Gasteiger partial charge in [-0.05, 0) is 44.4 Å². The van der Waals surface area contributed by atoms with Crippen LogP contribution in [0.4, 0.5) is 5.69 Å². The van der Waals surface area contributed by atoms with Crippen LogP contribution in [-0.2, 0) is 23.9 Å². The highest BCUT2D eigenvalue weighted by atomic mass is 16.5. The third-order valence-corrected chi connectivity index (χ3v) is 7.39. The second-order valence-corrected chi connectivity index (χ2v) is 9.83. The van der Waals surface area contributed by atoms with E-state index < -0.39 is 5.54 Å². The van der Waals surface area contributed by atoms with Gasteiger partial charge in [0.05, 0.1) is 25.7 Å². The van der Waals surface area contributed by atoms with E-state index in [0.717, 1.165) is 11.3 Å². The molecule has 1 N–H and O–H groups in total. The summed E-state index contributed by atoms with van der Waals surface area (Å²) in [6.45, 7) is 5.01. The summed E-state index contributed by atoms with van der Waals surface area (Å²) >= 11 is 0. The predicted molar refractivity (Wildman–Crippen MR) is 143 cm³/mol. The van der Waals surface area contributed by atoms with Gasteiger partial charge < -0.3 is 24.8 Å². The van der Waals surface area contributed by atoms with Crippen LogP contribution in [0.3, 0.4) is 0 Å². The molecule has 0 saturated carbocycles. The first-order chi connectivity index (χ1) is 18.3. The Morgan fingerprint density at radius 2 is 1.61 bits per heavy atom. The van der Waals surface area contributed by atoms with Crippen molar-refractivity contribution in [1.82, 2.24) is 15.1 Å². The molecule has 0 bridgehead atoms. The summed E-state index contributed by atoms with van der Waals surface area (Å²) in [5.41, 5.74) is 1.07. The number of hydrogen-bond donors (Lipinski definition) is 1. The molecule has 1 spiro atoms. The topological polar surface area (TPSA) is 99.3 Å². The van der Waals surface area contributed by atoms with E-state index in [4.69, 9.17) is 4.74 Å². The lowest BCUT2D eigenvalue weighted by atomic mass is 9.85. The molecule has 2 fully saturated rings. The number of ether oxygens (including phenoxy) is 1. The number of nitrogens with zero attached hydrogens (tertiary/aromatic N) is 3. The zero-order chi connectivity index (χ0) is 27.1. The van der Waals surface area contributed by atoms with Crippen LogP contribution < -0.4 is 10.2 Å². The van der Waals surface area contributed by atoms with Crippen LogP contribution in [0.5, 0.6) is 0 Å². The number of likely N-dealkylation sites (tertiary alicyclic amines) is 1. The van der Waals surface area contributed by atoms with Crippen LogP contribution in [0.1, 0.15) is 51.1 Å². The molecule has 2 heterocycles. The van der Waals surface area contributed by atoms with Gasteiger partial charge in [-0.15, -0.1) is 0 Å². The van der Waals surface area contributed by atoms with Crippen molar-refractivity contribution >= 4 is 29.4 Å². The first-order valence-corrected chi connectivity index (χ1v) is 13.2. The van der Waals surface area contributed by atoms with Gasteiger partial charge in [-0.3, -0.25) is 19.2 Å². The molecule has 1 atom stereocenters. The van der Waals surface area contributed by atoms with Crippen LogP contribution in [0, 0.1) is 0 Å². The number of benzene rings is 2. The van der Waals surface area contributed by atoms with Crippen LogP contribution in [0.15, 0.2) is 60.7 Å². The molecule has 4 rings (SSSR count). The predicted octanol–water partition coefficient (Wildman–Crippen LogP) is 2.87. The van der Waals surface area contributed by atoms with Crippen LogP contribution >= 0.6 is 0 Å². The molecule has 2 aromatic rings. The average Bonchev–Trinajstić information content (AvgIpc) is 3.19. The van der Waals surface area contributed by atoms with E-state index >= 15 is 0 Å². The second kappa shape index (κ2) is 12.1. The lowest BCUT2D eigenvalue weighted by Gasteiger charge is -2.43. The highest BCUT2D eigenvalue weighted by Gasteiger charge is 2.54. The third kappa shape index (κ3) is 5.98. The van der Waals surface area contributed by atoms with Crippen molar-refractivity contribution < 1.29 is 23.9 Å². The standard InChI is InChI=1S/C29H36N4O5/c1-3-38-27(36)15-14-26(35)31-18-16-29(17-19-31)28(37)32(21-33(29)24-12-8-5-9-13-24)20-25(34)30-22(2)23-10-6-4-7-11-23/h4-13,22H,3,14-21H2,1-2H3,(H,30,34)/t22-/m0/s1. The molecule has 202 valence electrons. The van der Waals surface area contributed by atoms with E-state index in [-0.39, 0.29) is 55.7 Å². The van der Waals surface area contributed by atoms with Gasteiger partial charge in [0.2, 0.25) is 11.8 Å². The molecule has 0 aromatic heterocycles. The molecular weight excluding hydrogens is 484 g/mol. The van der Waals surface area contributed by atoms with Crippen LogP contribution in [-0.4, -0.2) is 71.9 Å². The number of esters is 1. The van der Waals surface area contributed by atoms with Gasteiger partial charge in [-0.25, -0.2) is 0 Å². The maximum absolute atomic E-state index is 13.9. The monoisotopic (exact) mass is 520 g/mol. The smallest absolute Gasteiger partial charge is 0.306 e. The summed E-state index contributed by atoms with van der Waals surface area (Å²) < 4.78 is 4.93. The summed E-state index contributed by atoms with van der Waals surface area (Å²) in [6.07, 6.45) is 1.04. The minimum Gasteiger partial charge on any atom is -0.466 e. The molecule has 2 aromatic carbocycles. The van der Waals surface area contributed by atoms with E-state index in [2.05, 4.69) is 10.2 Å². The summed E-state index contributed by atoms with van der Waals surface area (Å²) in [7, 11) is 0. The Balaban J connectivity index is 1.44. The maximum atomic E-state index is 13.9. The number of amides is 3. The van der Waals surface area contributed by atoms with Crippen molar-refractivity contribution in [2.24, 2.45) is 0 Å². The molecule has 0 unspecified atom stereocenters. The second-order valence-electron chi connectivity index (χ2n) is 9.83. The lowest BCUT2D eigenvalue weighted by Crippen LogP contribution is -2.57. The van der Waals surface area contributed by atoms with Crippen LogP contribution in [0.25, 0.3) is 0 Å². The Hall–Kier alpha value is -3.88. The van der Waals surface area contributed by atoms with Crippen molar-refractivity contribution in [2.45, 2.75) is 51.1 Å². The van der Waals surface area contributed by atoms with Gasteiger partial charge in [0.1, 0.15) is 12.1 Å². The summed E-state index contributed by atoms with van der Waals surface area (Å²) in [4.78, 5) is 56.6. The van der Waals surface area contributed by atoms with E-state index in [1.807, 2.05) is 67.6 Å². The molecule has 0 radical (unpaired) electrons. The summed E-state index contributed by atoms with van der Waals surface area (Å²) in [5.74, 6) is -0.810. The van der Waals surface area contributed by atoms with E-state index in [1.54, 1.807) is 16.7 Å².